The van der Waals surface area contributed by atoms with Gasteiger partial charge in [0.05, 0.1) is 6.54 Å². The van der Waals surface area contributed by atoms with E-state index < -0.39 is 12.0 Å². The summed E-state index contributed by atoms with van der Waals surface area (Å²) < 4.78 is 0. The van der Waals surface area contributed by atoms with E-state index in [0.717, 1.165) is 12.8 Å². The van der Waals surface area contributed by atoms with Crippen molar-refractivity contribution < 1.29 is 14.7 Å². The van der Waals surface area contributed by atoms with Gasteiger partial charge >= 0.3 is 5.97 Å². The van der Waals surface area contributed by atoms with Crippen molar-refractivity contribution >= 4 is 11.9 Å². The molecule has 0 aromatic heterocycles. The number of carboxylic acids is 1. The van der Waals surface area contributed by atoms with Gasteiger partial charge in [-0.05, 0) is 12.8 Å². The number of nitrogens with zero attached hydrogens (tertiary/aromatic N) is 1. The highest BCUT2D eigenvalue weighted by Crippen LogP contribution is 2.27. The van der Waals surface area contributed by atoms with Crippen molar-refractivity contribution in [3.8, 4) is 0 Å². The van der Waals surface area contributed by atoms with Gasteiger partial charge in [0.1, 0.15) is 6.04 Å². The predicted molar refractivity (Wildman–Crippen MR) is 44.2 cm³/mol. The van der Waals surface area contributed by atoms with E-state index in [1.165, 1.54) is 0 Å². The third-order valence-electron chi connectivity index (χ3n) is 2.49. The first kappa shape index (κ1) is 8.50. The maximum Gasteiger partial charge on any atom is 0.322 e. The van der Waals surface area contributed by atoms with Gasteiger partial charge in [-0.15, -0.1) is 0 Å². The van der Waals surface area contributed by atoms with Crippen LogP contribution in [0.2, 0.25) is 0 Å². The van der Waals surface area contributed by atoms with Crippen molar-refractivity contribution in [1.82, 2.24) is 10.2 Å². The molecule has 1 heterocycles. The second kappa shape index (κ2) is 2.99. The van der Waals surface area contributed by atoms with Crippen LogP contribution in [-0.4, -0.2) is 47.1 Å². The quantitative estimate of drug-likeness (QED) is 0.579. The van der Waals surface area contributed by atoms with Crippen molar-refractivity contribution in [3.63, 3.8) is 0 Å². The summed E-state index contributed by atoms with van der Waals surface area (Å²) in [4.78, 5) is 23.7. The summed E-state index contributed by atoms with van der Waals surface area (Å²) in [7, 11) is 0. The molecule has 2 aliphatic rings. The van der Waals surface area contributed by atoms with Crippen molar-refractivity contribution in [2.24, 2.45) is 0 Å². The molecule has 2 fully saturated rings. The largest absolute Gasteiger partial charge is 0.480 e. The van der Waals surface area contributed by atoms with Crippen LogP contribution in [0.25, 0.3) is 0 Å². The zero-order valence-corrected chi connectivity index (χ0v) is 7.19. The molecule has 1 saturated heterocycles. The molecule has 1 atom stereocenters. The molecule has 1 saturated carbocycles. The first-order valence-corrected chi connectivity index (χ1v) is 4.44. The number of carboxylic acid groups (broad SMARTS) is 1. The van der Waals surface area contributed by atoms with Crippen LogP contribution in [0.4, 0.5) is 0 Å². The molecular weight excluding hydrogens is 172 g/mol. The molecule has 1 unspecified atom stereocenters. The number of carbonyl (C=O) groups excluding carboxylic acids is 1. The van der Waals surface area contributed by atoms with E-state index in [1.807, 2.05) is 0 Å². The Hall–Kier alpha value is -1.10. The van der Waals surface area contributed by atoms with Crippen LogP contribution >= 0.6 is 0 Å². The van der Waals surface area contributed by atoms with Gasteiger partial charge in [0.25, 0.3) is 0 Å². The standard InChI is InChI=1S/C8H12N2O3/c11-7-3-9-6(8(12)13)4-10(7)5-1-2-5/h5-6,9H,1-4H2,(H,12,13). The molecule has 1 aliphatic heterocycles. The second-order valence-electron chi connectivity index (χ2n) is 3.55. The summed E-state index contributed by atoms with van der Waals surface area (Å²) in [6.07, 6.45) is 2.05. The van der Waals surface area contributed by atoms with Gasteiger partial charge in [-0.1, -0.05) is 0 Å². The Morgan fingerprint density at radius 1 is 1.54 bits per heavy atom. The predicted octanol–water partition coefficient (Wildman–Crippen LogP) is -0.966. The summed E-state index contributed by atoms with van der Waals surface area (Å²) >= 11 is 0. The van der Waals surface area contributed by atoms with E-state index in [4.69, 9.17) is 5.11 Å². The molecule has 1 aliphatic carbocycles. The molecule has 0 radical (unpaired) electrons. The molecule has 2 rings (SSSR count). The van der Waals surface area contributed by atoms with Crippen LogP contribution in [0.3, 0.4) is 0 Å². The van der Waals surface area contributed by atoms with Crippen LogP contribution in [0.1, 0.15) is 12.8 Å². The molecular formula is C8H12N2O3. The number of rotatable bonds is 2. The third-order valence-corrected chi connectivity index (χ3v) is 2.49. The number of nitrogens with one attached hydrogen (secondary N) is 1. The van der Waals surface area contributed by atoms with Gasteiger partial charge in [-0.2, -0.15) is 0 Å². The summed E-state index contributed by atoms with van der Waals surface area (Å²) in [5.41, 5.74) is 0. The van der Waals surface area contributed by atoms with E-state index in [0.29, 0.717) is 12.6 Å². The average molecular weight is 184 g/mol. The highest BCUT2D eigenvalue weighted by atomic mass is 16.4. The summed E-state index contributed by atoms with van der Waals surface area (Å²) in [6.45, 7) is 0.478. The van der Waals surface area contributed by atoms with Gasteiger partial charge in [-0.25, -0.2) is 0 Å². The number of carbonyl (C=O) groups is 2. The number of hydrogen-bond donors (Lipinski definition) is 2. The van der Waals surface area contributed by atoms with Gasteiger partial charge < -0.3 is 10.0 Å². The van der Waals surface area contributed by atoms with Crippen molar-refractivity contribution in [2.45, 2.75) is 24.9 Å². The Balaban J connectivity index is 2.00. The summed E-state index contributed by atoms with van der Waals surface area (Å²) in [5, 5.41) is 11.4. The Kier molecular flexibility index (Phi) is 1.95. The van der Waals surface area contributed by atoms with Gasteiger partial charge in [-0.3, -0.25) is 14.9 Å². The van der Waals surface area contributed by atoms with E-state index in [2.05, 4.69) is 5.32 Å². The lowest BCUT2D eigenvalue weighted by Crippen LogP contribution is -2.57. The van der Waals surface area contributed by atoms with E-state index >= 15 is 0 Å². The maximum atomic E-state index is 11.3. The molecule has 0 spiro atoms. The van der Waals surface area contributed by atoms with Gasteiger partial charge in [0.15, 0.2) is 0 Å². The fourth-order valence-corrected chi connectivity index (χ4v) is 1.58. The summed E-state index contributed by atoms with van der Waals surface area (Å²) in [5.74, 6) is -0.849. The number of piperazine rings is 1. The molecule has 2 N–H and O–H groups in total. The first-order valence-electron chi connectivity index (χ1n) is 4.44. The topological polar surface area (TPSA) is 69.6 Å². The minimum absolute atomic E-state index is 0.0278. The fraction of sp³-hybridized carbons (Fsp3) is 0.750. The van der Waals surface area contributed by atoms with Crippen molar-refractivity contribution in [3.05, 3.63) is 0 Å². The monoisotopic (exact) mass is 184 g/mol. The van der Waals surface area contributed by atoms with Crippen molar-refractivity contribution in [1.29, 1.82) is 0 Å². The zero-order valence-electron chi connectivity index (χ0n) is 7.19. The fourth-order valence-electron chi connectivity index (χ4n) is 1.58. The van der Waals surface area contributed by atoms with Gasteiger partial charge in [0, 0.05) is 12.6 Å². The number of aliphatic carboxylic acids is 1. The van der Waals surface area contributed by atoms with Crippen LogP contribution in [0.5, 0.6) is 0 Å². The smallest absolute Gasteiger partial charge is 0.322 e. The highest BCUT2D eigenvalue weighted by Gasteiger charge is 2.38. The van der Waals surface area contributed by atoms with E-state index in [9.17, 15) is 9.59 Å². The average Bonchev–Trinajstić information content (AvgIpc) is 2.87. The SMILES string of the molecule is O=C(O)C1CN(C2CC2)C(=O)CN1. The Labute approximate surface area is 75.7 Å². The molecule has 0 aromatic rings. The first-order chi connectivity index (χ1) is 6.18. The van der Waals surface area contributed by atoms with Crippen molar-refractivity contribution in [2.75, 3.05) is 13.1 Å². The highest BCUT2D eigenvalue weighted by molar-refractivity contribution is 5.83. The molecule has 0 aromatic carbocycles. The minimum Gasteiger partial charge on any atom is -0.480 e. The Morgan fingerprint density at radius 2 is 2.23 bits per heavy atom. The molecule has 0 bridgehead atoms. The molecule has 5 nitrogen and oxygen atoms in total. The summed E-state index contributed by atoms with van der Waals surface area (Å²) in [6, 6.07) is -0.269. The third kappa shape index (κ3) is 1.65. The van der Waals surface area contributed by atoms with Crippen LogP contribution in [-0.2, 0) is 9.59 Å². The van der Waals surface area contributed by atoms with Gasteiger partial charge in [0.2, 0.25) is 5.91 Å². The molecule has 5 heteroatoms. The lowest BCUT2D eigenvalue weighted by Gasteiger charge is -2.31. The second-order valence-corrected chi connectivity index (χ2v) is 3.55. The zero-order chi connectivity index (χ0) is 9.42. The Bertz CT molecular complexity index is 250. The lowest BCUT2D eigenvalue weighted by atomic mass is 10.2. The van der Waals surface area contributed by atoms with Crippen LogP contribution < -0.4 is 5.32 Å². The van der Waals surface area contributed by atoms with Crippen LogP contribution in [0, 0.1) is 0 Å². The number of amides is 1. The minimum atomic E-state index is -0.877. The number of hydrogen-bond acceptors (Lipinski definition) is 3. The molecule has 13 heavy (non-hydrogen) atoms. The van der Waals surface area contributed by atoms with E-state index in [-0.39, 0.29) is 12.5 Å². The Morgan fingerprint density at radius 3 is 2.77 bits per heavy atom. The molecule has 72 valence electrons. The van der Waals surface area contributed by atoms with Crippen LogP contribution in [0.15, 0.2) is 0 Å². The maximum absolute atomic E-state index is 11.3. The lowest BCUT2D eigenvalue weighted by molar-refractivity contribution is -0.144. The molecule has 1 amide bonds. The van der Waals surface area contributed by atoms with E-state index in [1.54, 1.807) is 4.90 Å². The normalized spacial score (nSPS) is 29.1.